The quantitative estimate of drug-likeness (QED) is 0.859. The first-order chi connectivity index (χ1) is 12.0. The van der Waals surface area contributed by atoms with E-state index in [9.17, 15) is 9.59 Å². The zero-order valence-corrected chi connectivity index (χ0v) is 15.0. The Morgan fingerprint density at radius 3 is 3.00 bits per heavy atom. The second-order valence-electron chi connectivity index (χ2n) is 6.82. The Morgan fingerprint density at radius 2 is 2.16 bits per heavy atom. The maximum atomic E-state index is 12.6. The largest absolute Gasteiger partial charge is 0.479 e. The molecular formula is C19H20N2O3S. The number of carbonyl (C=O) groups excluding carboxylic acids is 2. The average Bonchev–Trinajstić information content (AvgIpc) is 2.99. The van der Waals surface area contributed by atoms with Gasteiger partial charge in [-0.25, -0.2) is 0 Å². The summed E-state index contributed by atoms with van der Waals surface area (Å²) in [5, 5.41) is 5.71. The maximum Gasteiger partial charge on any atom is 0.265 e. The molecule has 0 radical (unpaired) electrons. The van der Waals surface area contributed by atoms with Gasteiger partial charge in [-0.05, 0) is 61.9 Å². The van der Waals surface area contributed by atoms with Gasteiger partial charge >= 0.3 is 0 Å². The molecule has 1 aromatic carbocycles. The number of rotatable bonds is 2. The molecule has 2 N–H and O–H groups in total. The van der Waals surface area contributed by atoms with Crippen LogP contribution in [0, 0.1) is 5.92 Å². The summed E-state index contributed by atoms with van der Waals surface area (Å²) in [6.45, 7) is 3.96. The summed E-state index contributed by atoms with van der Waals surface area (Å²) < 4.78 is 5.53. The van der Waals surface area contributed by atoms with Gasteiger partial charge in [-0.15, -0.1) is 11.3 Å². The number of nitrogens with one attached hydrogen (secondary N) is 2. The number of aryl methyl sites for hydroxylation is 1. The van der Waals surface area contributed by atoms with Crippen LogP contribution < -0.4 is 15.4 Å². The van der Waals surface area contributed by atoms with E-state index in [0.29, 0.717) is 23.0 Å². The van der Waals surface area contributed by atoms with E-state index in [-0.39, 0.29) is 11.8 Å². The molecule has 0 bridgehead atoms. The summed E-state index contributed by atoms with van der Waals surface area (Å²) in [5.74, 6) is 1.01. The predicted molar refractivity (Wildman–Crippen MR) is 98.6 cm³/mol. The van der Waals surface area contributed by atoms with Gasteiger partial charge in [0, 0.05) is 10.6 Å². The van der Waals surface area contributed by atoms with Crippen LogP contribution in [0.1, 0.15) is 40.4 Å². The highest BCUT2D eigenvalue weighted by Gasteiger charge is 2.24. The standard InChI is InChI=1S/C19H20N2O3S/c1-10-3-6-16-12(7-10)8-17(25-16)19(23)20-13-4-5-15-14(9-13)21-18(22)11(2)24-15/h4-5,8-11H,3,6-7H2,1-2H3,(H,20,23)(H,21,22)/t10-,11+/m1/s1. The minimum atomic E-state index is -0.507. The van der Waals surface area contributed by atoms with Crippen molar-refractivity contribution in [2.24, 2.45) is 5.92 Å². The number of carbonyl (C=O) groups is 2. The molecule has 6 heteroatoms. The molecule has 0 saturated carbocycles. The fourth-order valence-corrected chi connectivity index (χ4v) is 4.40. The molecule has 1 aliphatic carbocycles. The number of thiophene rings is 1. The highest BCUT2D eigenvalue weighted by molar-refractivity contribution is 7.14. The van der Waals surface area contributed by atoms with Gasteiger partial charge in [0.15, 0.2) is 6.10 Å². The van der Waals surface area contributed by atoms with Gasteiger partial charge in [0.2, 0.25) is 0 Å². The van der Waals surface area contributed by atoms with Gasteiger partial charge in [-0.1, -0.05) is 6.92 Å². The topological polar surface area (TPSA) is 67.4 Å². The number of benzene rings is 1. The molecule has 4 rings (SSSR count). The first kappa shape index (κ1) is 16.1. The SMILES string of the molecule is C[C@@H]1CCc2sc(C(=O)Nc3ccc4c(c3)NC(=O)[C@H](C)O4)cc2C1. The zero-order chi connectivity index (χ0) is 17.6. The van der Waals surface area contributed by atoms with Crippen LogP contribution in [-0.2, 0) is 17.6 Å². The highest BCUT2D eigenvalue weighted by atomic mass is 32.1. The molecule has 2 atom stereocenters. The lowest BCUT2D eigenvalue weighted by Gasteiger charge is -2.23. The van der Waals surface area contributed by atoms with E-state index in [1.54, 1.807) is 36.5 Å². The van der Waals surface area contributed by atoms with E-state index < -0.39 is 6.10 Å². The Hall–Kier alpha value is -2.34. The summed E-state index contributed by atoms with van der Waals surface area (Å²) in [5.41, 5.74) is 2.54. The Bertz CT molecular complexity index is 858. The lowest BCUT2D eigenvalue weighted by Crippen LogP contribution is -2.34. The van der Waals surface area contributed by atoms with Gasteiger partial charge in [0.25, 0.3) is 11.8 Å². The van der Waals surface area contributed by atoms with Crippen molar-refractivity contribution in [3.8, 4) is 5.75 Å². The fraction of sp³-hybridized carbons (Fsp3) is 0.368. The number of ether oxygens (including phenoxy) is 1. The summed E-state index contributed by atoms with van der Waals surface area (Å²) in [7, 11) is 0. The molecule has 1 aromatic heterocycles. The Morgan fingerprint density at radius 1 is 1.32 bits per heavy atom. The summed E-state index contributed by atoms with van der Waals surface area (Å²) in [4.78, 5) is 26.4. The average molecular weight is 356 g/mol. The third kappa shape index (κ3) is 3.14. The van der Waals surface area contributed by atoms with Gasteiger partial charge in [0.05, 0.1) is 10.6 Å². The van der Waals surface area contributed by atoms with Crippen LogP contribution in [0.15, 0.2) is 24.3 Å². The number of hydrogen-bond acceptors (Lipinski definition) is 4. The molecule has 2 aliphatic rings. The zero-order valence-electron chi connectivity index (χ0n) is 14.2. The summed E-state index contributed by atoms with van der Waals surface area (Å²) in [6.07, 6.45) is 2.80. The van der Waals surface area contributed by atoms with Crippen molar-refractivity contribution < 1.29 is 14.3 Å². The second-order valence-corrected chi connectivity index (χ2v) is 7.96. The third-order valence-electron chi connectivity index (χ3n) is 4.72. The molecule has 1 aliphatic heterocycles. The van der Waals surface area contributed by atoms with Crippen molar-refractivity contribution in [2.75, 3.05) is 10.6 Å². The Balaban J connectivity index is 1.52. The molecule has 5 nitrogen and oxygen atoms in total. The van der Waals surface area contributed by atoms with Crippen molar-refractivity contribution >= 4 is 34.5 Å². The van der Waals surface area contributed by atoms with Crippen molar-refractivity contribution in [1.82, 2.24) is 0 Å². The van der Waals surface area contributed by atoms with E-state index in [4.69, 9.17) is 4.74 Å². The molecule has 0 spiro atoms. The summed E-state index contributed by atoms with van der Waals surface area (Å²) >= 11 is 1.59. The number of hydrogen-bond donors (Lipinski definition) is 2. The van der Waals surface area contributed by atoms with Crippen molar-refractivity contribution in [2.45, 2.75) is 39.2 Å². The van der Waals surface area contributed by atoms with Crippen molar-refractivity contribution in [1.29, 1.82) is 0 Å². The molecule has 2 heterocycles. The number of anilines is 2. The third-order valence-corrected chi connectivity index (χ3v) is 5.96. The van der Waals surface area contributed by atoms with E-state index >= 15 is 0 Å². The van der Waals surface area contributed by atoms with E-state index in [1.807, 2.05) is 6.07 Å². The minimum absolute atomic E-state index is 0.108. The van der Waals surface area contributed by atoms with Gasteiger partial charge in [-0.3, -0.25) is 9.59 Å². The lowest BCUT2D eigenvalue weighted by atomic mass is 9.90. The lowest BCUT2D eigenvalue weighted by molar-refractivity contribution is -0.122. The van der Waals surface area contributed by atoms with Crippen molar-refractivity contribution in [3.63, 3.8) is 0 Å². The molecular weight excluding hydrogens is 336 g/mol. The minimum Gasteiger partial charge on any atom is -0.479 e. The molecule has 25 heavy (non-hydrogen) atoms. The van der Waals surface area contributed by atoms with Crippen LogP contribution in [0.5, 0.6) is 5.75 Å². The van der Waals surface area contributed by atoms with Gasteiger partial charge < -0.3 is 15.4 Å². The smallest absolute Gasteiger partial charge is 0.265 e. The van der Waals surface area contributed by atoms with E-state index in [0.717, 1.165) is 17.7 Å². The molecule has 2 aromatic rings. The van der Waals surface area contributed by atoms with E-state index in [1.165, 1.54) is 16.9 Å². The molecule has 130 valence electrons. The van der Waals surface area contributed by atoms with Crippen LogP contribution >= 0.6 is 11.3 Å². The maximum absolute atomic E-state index is 12.6. The van der Waals surface area contributed by atoms with Crippen molar-refractivity contribution in [3.05, 3.63) is 39.6 Å². The normalized spacial score (nSPS) is 21.6. The molecule has 0 unspecified atom stereocenters. The monoisotopic (exact) mass is 356 g/mol. The number of fused-ring (bicyclic) bond motifs is 2. The van der Waals surface area contributed by atoms with Crippen LogP contribution in [0.25, 0.3) is 0 Å². The predicted octanol–water partition coefficient (Wildman–Crippen LogP) is 3.84. The van der Waals surface area contributed by atoms with Crippen LogP contribution in [0.4, 0.5) is 11.4 Å². The van der Waals surface area contributed by atoms with E-state index in [2.05, 4.69) is 17.6 Å². The van der Waals surface area contributed by atoms with Crippen LogP contribution in [-0.4, -0.2) is 17.9 Å². The Kier molecular flexibility index (Phi) is 4.00. The van der Waals surface area contributed by atoms with Crippen LogP contribution in [0.3, 0.4) is 0 Å². The second kappa shape index (κ2) is 6.19. The van der Waals surface area contributed by atoms with Gasteiger partial charge in [0.1, 0.15) is 5.75 Å². The molecule has 0 saturated heterocycles. The molecule has 2 amide bonds. The van der Waals surface area contributed by atoms with Crippen LogP contribution in [0.2, 0.25) is 0 Å². The summed E-state index contributed by atoms with van der Waals surface area (Å²) in [6, 6.07) is 7.31. The number of amides is 2. The first-order valence-electron chi connectivity index (χ1n) is 8.54. The van der Waals surface area contributed by atoms with Gasteiger partial charge in [-0.2, -0.15) is 0 Å². The highest BCUT2D eigenvalue weighted by Crippen LogP contribution is 2.34. The fourth-order valence-electron chi connectivity index (χ4n) is 3.30. The first-order valence-corrected chi connectivity index (χ1v) is 9.36. The molecule has 0 fully saturated rings. The Labute approximate surface area is 150 Å².